The lowest BCUT2D eigenvalue weighted by Gasteiger charge is -2.11. The van der Waals surface area contributed by atoms with E-state index in [1.165, 1.54) is 0 Å². The molecule has 0 saturated carbocycles. The highest BCUT2D eigenvalue weighted by atomic mass is 16.5. The molecule has 0 saturated heterocycles. The van der Waals surface area contributed by atoms with Crippen LogP contribution in [0.2, 0.25) is 0 Å². The molecule has 0 aliphatic carbocycles. The lowest BCUT2D eigenvalue weighted by molar-refractivity contribution is 0.301. The summed E-state index contributed by atoms with van der Waals surface area (Å²) in [5.41, 5.74) is 3.21. The molecule has 0 spiro atoms. The number of para-hydroxylation sites is 2. The lowest BCUT2D eigenvalue weighted by atomic mass is 10.2. The molecule has 0 aliphatic heterocycles. The number of aromatic nitrogens is 3. The van der Waals surface area contributed by atoms with Crippen molar-refractivity contribution < 1.29 is 4.74 Å². The average molecular weight is 431 g/mol. The van der Waals surface area contributed by atoms with Gasteiger partial charge in [0.2, 0.25) is 0 Å². The summed E-state index contributed by atoms with van der Waals surface area (Å²) in [5.74, 6) is 1.34. The first kappa shape index (κ1) is 20.4. The second kappa shape index (κ2) is 9.32. The number of nitrogens with zero attached hydrogens (tertiary/aromatic N) is 3. The van der Waals surface area contributed by atoms with Gasteiger partial charge in [-0.05, 0) is 60.2 Å². The summed E-state index contributed by atoms with van der Waals surface area (Å²) in [6.45, 7) is 0.417. The summed E-state index contributed by atoms with van der Waals surface area (Å²) in [5, 5.41) is 0.591. The van der Waals surface area contributed by atoms with Crippen molar-refractivity contribution in [2.75, 3.05) is 0 Å². The maximum absolute atomic E-state index is 13.3. The van der Waals surface area contributed by atoms with Gasteiger partial charge in [-0.2, -0.15) is 0 Å². The molecule has 5 aromatic rings. The number of rotatable bonds is 6. The van der Waals surface area contributed by atoms with Crippen LogP contribution in [-0.2, 0) is 6.61 Å². The molecule has 0 aliphatic rings. The van der Waals surface area contributed by atoms with Crippen molar-refractivity contribution in [1.82, 2.24) is 14.5 Å². The molecule has 5 heteroatoms. The molecule has 5 rings (SSSR count). The van der Waals surface area contributed by atoms with Crippen molar-refractivity contribution in [3.63, 3.8) is 0 Å². The molecule has 0 radical (unpaired) electrons. The molecular weight excluding hydrogens is 410 g/mol. The molecule has 0 unspecified atom stereocenters. The van der Waals surface area contributed by atoms with Gasteiger partial charge in [-0.25, -0.2) is 4.98 Å². The summed E-state index contributed by atoms with van der Waals surface area (Å²) in [7, 11) is 0. The Kier molecular flexibility index (Phi) is 5.76. The zero-order valence-corrected chi connectivity index (χ0v) is 17.8. The third-order valence-corrected chi connectivity index (χ3v) is 5.23. The number of ether oxygens (including phenoxy) is 1. The van der Waals surface area contributed by atoms with Crippen LogP contribution in [-0.4, -0.2) is 14.5 Å². The normalized spacial score (nSPS) is 11.2. The van der Waals surface area contributed by atoms with Crippen LogP contribution >= 0.6 is 0 Å². The Labute approximate surface area is 191 Å². The van der Waals surface area contributed by atoms with Gasteiger partial charge in [0.1, 0.15) is 18.2 Å². The molecule has 33 heavy (non-hydrogen) atoms. The van der Waals surface area contributed by atoms with Crippen molar-refractivity contribution in [2.45, 2.75) is 6.61 Å². The van der Waals surface area contributed by atoms with E-state index in [0.29, 0.717) is 23.3 Å². The van der Waals surface area contributed by atoms with Crippen molar-refractivity contribution in [2.24, 2.45) is 0 Å². The van der Waals surface area contributed by atoms with Crippen LogP contribution in [0.3, 0.4) is 0 Å². The third kappa shape index (κ3) is 4.57. The highest BCUT2D eigenvalue weighted by molar-refractivity contribution is 5.80. The summed E-state index contributed by atoms with van der Waals surface area (Å²) in [4.78, 5) is 22.3. The number of pyridine rings is 1. The van der Waals surface area contributed by atoms with E-state index in [-0.39, 0.29) is 5.56 Å². The van der Waals surface area contributed by atoms with Crippen molar-refractivity contribution in [3.05, 3.63) is 131 Å². The Balaban J connectivity index is 1.44. The predicted octanol–water partition coefficient (Wildman–Crippen LogP) is 5.53. The number of hydrogen-bond donors (Lipinski definition) is 0. The number of hydrogen-bond acceptors (Lipinski definition) is 4. The van der Waals surface area contributed by atoms with E-state index in [4.69, 9.17) is 9.72 Å². The summed E-state index contributed by atoms with van der Waals surface area (Å²) >= 11 is 0. The molecule has 0 bridgehead atoms. The molecule has 0 N–H and O–H groups in total. The topological polar surface area (TPSA) is 57.0 Å². The highest BCUT2D eigenvalue weighted by Gasteiger charge is 2.10. The van der Waals surface area contributed by atoms with Gasteiger partial charge in [0, 0.05) is 6.20 Å². The molecule has 160 valence electrons. The minimum absolute atomic E-state index is 0.0929. The van der Waals surface area contributed by atoms with Gasteiger partial charge in [0.05, 0.1) is 22.3 Å². The quantitative estimate of drug-likeness (QED) is 0.355. The standard InChI is InChI=1S/C28H21N3O2/c32-28-25-11-4-5-12-26(25)30-27(31(28)23-9-2-1-3-10-23)18-15-21-13-16-24(17-14-21)33-20-22-8-6-7-19-29-22/h1-19H,20H2/b18-15+. The maximum atomic E-state index is 13.3. The fourth-order valence-electron chi connectivity index (χ4n) is 3.57. The monoisotopic (exact) mass is 431 g/mol. The van der Waals surface area contributed by atoms with Crippen molar-refractivity contribution in [1.29, 1.82) is 0 Å². The molecule has 2 heterocycles. The van der Waals surface area contributed by atoms with Crippen LogP contribution in [0.5, 0.6) is 5.75 Å². The Morgan fingerprint density at radius 3 is 2.33 bits per heavy atom. The molecule has 0 fully saturated rings. The second-order valence-corrected chi connectivity index (χ2v) is 7.48. The van der Waals surface area contributed by atoms with Gasteiger partial charge in [-0.15, -0.1) is 0 Å². The van der Waals surface area contributed by atoms with Gasteiger partial charge >= 0.3 is 0 Å². The Morgan fingerprint density at radius 1 is 0.788 bits per heavy atom. The third-order valence-electron chi connectivity index (χ3n) is 5.23. The molecule has 0 amide bonds. The van der Waals surface area contributed by atoms with E-state index in [0.717, 1.165) is 22.7 Å². The molecular formula is C28H21N3O2. The largest absolute Gasteiger partial charge is 0.487 e. The van der Waals surface area contributed by atoms with Gasteiger partial charge < -0.3 is 4.74 Å². The van der Waals surface area contributed by atoms with E-state index in [2.05, 4.69) is 4.98 Å². The van der Waals surface area contributed by atoms with Crippen LogP contribution in [0, 0.1) is 0 Å². The highest BCUT2D eigenvalue weighted by Crippen LogP contribution is 2.18. The van der Waals surface area contributed by atoms with Gasteiger partial charge in [-0.3, -0.25) is 14.3 Å². The van der Waals surface area contributed by atoms with E-state index >= 15 is 0 Å². The maximum Gasteiger partial charge on any atom is 0.266 e. The zero-order chi connectivity index (χ0) is 22.5. The second-order valence-electron chi connectivity index (χ2n) is 7.48. The molecule has 2 aromatic heterocycles. The first-order valence-corrected chi connectivity index (χ1v) is 10.7. The lowest BCUT2D eigenvalue weighted by Crippen LogP contribution is -2.22. The predicted molar refractivity (Wildman–Crippen MR) is 131 cm³/mol. The fraction of sp³-hybridized carbons (Fsp3) is 0.0357. The minimum Gasteiger partial charge on any atom is -0.487 e. The summed E-state index contributed by atoms with van der Waals surface area (Å²) < 4.78 is 7.45. The molecule has 3 aromatic carbocycles. The van der Waals surface area contributed by atoms with Gasteiger partial charge in [0.15, 0.2) is 0 Å². The van der Waals surface area contributed by atoms with E-state index in [1.54, 1.807) is 16.8 Å². The van der Waals surface area contributed by atoms with E-state index < -0.39 is 0 Å². The number of benzene rings is 3. The van der Waals surface area contributed by atoms with Gasteiger partial charge in [0.25, 0.3) is 5.56 Å². The van der Waals surface area contributed by atoms with Crippen molar-refractivity contribution in [3.8, 4) is 11.4 Å². The van der Waals surface area contributed by atoms with Crippen LogP contribution in [0.4, 0.5) is 0 Å². The Hall–Kier alpha value is -4.51. The van der Waals surface area contributed by atoms with Crippen LogP contribution in [0.15, 0.2) is 108 Å². The van der Waals surface area contributed by atoms with Crippen LogP contribution in [0.25, 0.3) is 28.7 Å². The molecule has 0 atom stereocenters. The van der Waals surface area contributed by atoms with Gasteiger partial charge in [-0.1, -0.05) is 54.6 Å². The summed E-state index contributed by atoms with van der Waals surface area (Å²) in [6.07, 6.45) is 5.56. The van der Waals surface area contributed by atoms with E-state index in [1.807, 2.05) is 103 Å². The van der Waals surface area contributed by atoms with Crippen LogP contribution < -0.4 is 10.3 Å². The average Bonchev–Trinajstić information content (AvgIpc) is 2.88. The number of fused-ring (bicyclic) bond motifs is 1. The van der Waals surface area contributed by atoms with Crippen molar-refractivity contribution >= 4 is 23.1 Å². The zero-order valence-electron chi connectivity index (χ0n) is 17.8. The smallest absolute Gasteiger partial charge is 0.266 e. The SMILES string of the molecule is O=c1c2ccccc2nc(/C=C/c2ccc(OCc3ccccn3)cc2)n1-c1ccccc1. The summed E-state index contributed by atoms with van der Waals surface area (Å²) in [6, 6.07) is 30.5. The Morgan fingerprint density at radius 2 is 1.55 bits per heavy atom. The first-order chi connectivity index (χ1) is 16.3. The Bertz CT molecular complexity index is 1460. The minimum atomic E-state index is -0.0929. The van der Waals surface area contributed by atoms with E-state index in [9.17, 15) is 4.79 Å². The fourth-order valence-corrected chi connectivity index (χ4v) is 3.57. The van der Waals surface area contributed by atoms with Crippen LogP contribution in [0.1, 0.15) is 17.1 Å². The molecule has 5 nitrogen and oxygen atoms in total. The first-order valence-electron chi connectivity index (χ1n) is 10.7.